The standard InChI is InChI=1S/C18H18BrN7S/c1-12-3-5-14(6-4-12)8-24-9-15(7-20-24)26-17(21-22-18(26)27)11-25-10-16(19)13(2)23-25/h3-7,9-10H,8,11H2,1-2H3,(H,22,27). The lowest BCUT2D eigenvalue weighted by Gasteiger charge is -2.05. The molecule has 3 heterocycles. The zero-order valence-electron chi connectivity index (χ0n) is 14.9. The fraction of sp³-hybridized carbons (Fsp3) is 0.222. The van der Waals surface area contributed by atoms with Gasteiger partial charge in [0.15, 0.2) is 10.6 Å². The highest BCUT2D eigenvalue weighted by Crippen LogP contribution is 2.16. The van der Waals surface area contributed by atoms with Gasteiger partial charge in [0.2, 0.25) is 0 Å². The van der Waals surface area contributed by atoms with Gasteiger partial charge < -0.3 is 0 Å². The van der Waals surface area contributed by atoms with E-state index in [1.54, 1.807) is 6.20 Å². The van der Waals surface area contributed by atoms with Crippen LogP contribution in [0, 0.1) is 18.6 Å². The van der Waals surface area contributed by atoms with Crippen molar-refractivity contribution >= 4 is 28.1 Å². The normalized spacial score (nSPS) is 11.2. The van der Waals surface area contributed by atoms with Gasteiger partial charge in [0.05, 0.1) is 28.6 Å². The van der Waals surface area contributed by atoms with Gasteiger partial charge in [-0.2, -0.15) is 15.3 Å². The highest BCUT2D eigenvalue weighted by Gasteiger charge is 2.12. The van der Waals surface area contributed by atoms with Crippen LogP contribution in [0.2, 0.25) is 0 Å². The van der Waals surface area contributed by atoms with Crippen LogP contribution in [0.4, 0.5) is 0 Å². The van der Waals surface area contributed by atoms with Gasteiger partial charge in [0.1, 0.15) is 6.54 Å². The van der Waals surface area contributed by atoms with E-state index in [1.165, 1.54) is 11.1 Å². The highest BCUT2D eigenvalue weighted by molar-refractivity contribution is 9.10. The van der Waals surface area contributed by atoms with E-state index in [4.69, 9.17) is 12.2 Å². The third-order valence-corrected chi connectivity index (χ3v) is 5.33. The van der Waals surface area contributed by atoms with Crippen LogP contribution in [0.25, 0.3) is 5.69 Å². The molecule has 27 heavy (non-hydrogen) atoms. The van der Waals surface area contributed by atoms with Crippen molar-refractivity contribution in [2.75, 3.05) is 0 Å². The largest absolute Gasteiger partial charge is 0.267 e. The molecule has 0 spiro atoms. The molecule has 0 aliphatic rings. The molecule has 0 aliphatic heterocycles. The molecule has 0 fully saturated rings. The second kappa shape index (κ2) is 7.24. The maximum absolute atomic E-state index is 5.42. The summed E-state index contributed by atoms with van der Waals surface area (Å²) in [6, 6.07) is 8.44. The Hall–Kier alpha value is -2.52. The van der Waals surface area contributed by atoms with Gasteiger partial charge in [-0.05, 0) is 47.6 Å². The van der Waals surface area contributed by atoms with Gasteiger partial charge in [-0.25, -0.2) is 0 Å². The molecule has 0 radical (unpaired) electrons. The van der Waals surface area contributed by atoms with Gasteiger partial charge in [-0.15, -0.1) is 0 Å². The first-order chi connectivity index (χ1) is 13.0. The summed E-state index contributed by atoms with van der Waals surface area (Å²) in [7, 11) is 0. The van der Waals surface area contributed by atoms with Crippen LogP contribution in [-0.4, -0.2) is 34.3 Å². The monoisotopic (exact) mass is 443 g/mol. The first-order valence-corrected chi connectivity index (χ1v) is 9.64. The van der Waals surface area contributed by atoms with E-state index in [-0.39, 0.29) is 0 Å². The second-order valence-electron chi connectivity index (χ2n) is 6.42. The minimum Gasteiger partial charge on any atom is -0.267 e. The van der Waals surface area contributed by atoms with Crippen molar-refractivity contribution < 1.29 is 0 Å². The van der Waals surface area contributed by atoms with Gasteiger partial charge in [0, 0.05) is 12.4 Å². The van der Waals surface area contributed by atoms with Crippen LogP contribution in [0.15, 0.2) is 47.3 Å². The average molecular weight is 444 g/mol. The van der Waals surface area contributed by atoms with Crippen molar-refractivity contribution in [1.82, 2.24) is 34.3 Å². The molecule has 138 valence electrons. The number of H-pyrrole nitrogens is 1. The van der Waals surface area contributed by atoms with Crippen molar-refractivity contribution in [2.45, 2.75) is 26.9 Å². The Labute approximate surface area is 169 Å². The summed E-state index contributed by atoms with van der Waals surface area (Å²) in [5, 5.41) is 16.2. The van der Waals surface area contributed by atoms with Crippen molar-refractivity contribution in [3.63, 3.8) is 0 Å². The van der Waals surface area contributed by atoms with Gasteiger partial charge >= 0.3 is 0 Å². The number of hydrogen-bond donors (Lipinski definition) is 1. The third-order valence-electron chi connectivity index (χ3n) is 4.27. The van der Waals surface area contributed by atoms with Crippen LogP contribution in [0.3, 0.4) is 0 Å². The van der Waals surface area contributed by atoms with Crippen molar-refractivity contribution in [1.29, 1.82) is 0 Å². The number of aromatic nitrogens is 7. The predicted molar refractivity (Wildman–Crippen MR) is 109 cm³/mol. The number of nitrogens with one attached hydrogen (secondary N) is 1. The topological polar surface area (TPSA) is 69.2 Å². The number of rotatable bonds is 5. The van der Waals surface area contributed by atoms with E-state index in [0.717, 1.165) is 21.7 Å². The van der Waals surface area contributed by atoms with Crippen molar-refractivity contribution in [3.8, 4) is 5.69 Å². The number of benzene rings is 1. The van der Waals surface area contributed by atoms with E-state index in [1.807, 2.05) is 33.2 Å². The van der Waals surface area contributed by atoms with Gasteiger partial charge in [-0.3, -0.25) is 19.0 Å². The molecule has 0 saturated heterocycles. The molecule has 0 saturated carbocycles. The lowest BCUT2D eigenvalue weighted by molar-refractivity contribution is 0.638. The van der Waals surface area contributed by atoms with E-state index < -0.39 is 0 Å². The van der Waals surface area contributed by atoms with Gasteiger partial charge in [-0.1, -0.05) is 29.8 Å². The van der Waals surface area contributed by atoms with E-state index >= 15 is 0 Å². The quantitative estimate of drug-likeness (QED) is 0.476. The van der Waals surface area contributed by atoms with E-state index in [0.29, 0.717) is 17.9 Å². The summed E-state index contributed by atoms with van der Waals surface area (Å²) in [6.07, 6.45) is 5.70. The number of aryl methyl sites for hydroxylation is 2. The average Bonchev–Trinajstić information content (AvgIpc) is 3.31. The fourth-order valence-electron chi connectivity index (χ4n) is 2.86. The Morgan fingerprint density at radius 3 is 2.56 bits per heavy atom. The molecule has 0 bridgehead atoms. The molecule has 0 unspecified atom stereocenters. The maximum atomic E-state index is 5.42. The molecule has 1 aromatic carbocycles. The Morgan fingerprint density at radius 2 is 1.85 bits per heavy atom. The summed E-state index contributed by atoms with van der Waals surface area (Å²) in [5.41, 5.74) is 4.25. The smallest absolute Gasteiger partial charge is 0.200 e. The van der Waals surface area contributed by atoms with Gasteiger partial charge in [0.25, 0.3) is 0 Å². The van der Waals surface area contributed by atoms with Crippen molar-refractivity contribution in [2.24, 2.45) is 0 Å². The number of aromatic amines is 1. The first kappa shape index (κ1) is 17.9. The highest BCUT2D eigenvalue weighted by atomic mass is 79.9. The fourth-order valence-corrected chi connectivity index (χ4v) is 3.43. The molecule has 4 rings (SSSR count). The molecule has 3 aromatic heterocycles. The molecule has 9 heteroatoms. The second-order valence-corrected chi connectivity index (χ2v) is 7.66. The lowest BCUT2D eigenvalue weighted by Crippen LogP contribution is -2.08. The summed E-state index contributed by atoms with van der Waals surface area (Å²) in [5.74, 6) is 0.768. The van der Waals surface area contributed by atoms with Crippen LogP contribution >= 0.6 is 28.1 Å². The number of halogens is 1. The summed E-state index contributed by atoms with van der Waals surface area (Å²) < 4.78 is 7.11. The SMILES string of the molecule is Cc1ccc(Cn2cc(-n3c(Cn4cc(Br)c(C)n4)n[nH]c3=S)cn2)cc1. The Bertz CT molecular complexity index is 1110. The van der Waals surface area contributed by atoms with Crippen LogP contribution in [-0.2, 0) is 13.1 Å². The minimum atomic E-state index is 0.503. The molecule has 4 aromatic rings. The number of nitrogens with zero attached hydrogens (tertiary/aromatic N) is 6. The molecule has 0 amide bonds. The third kappa shape index (κ3) is 3.79. The van der Waals surface area contributed by atoms with Crippen LogP contribution in [0.1, 0.15) is 22.6 Å². The zero-order valence-corrected chi connectivity index (χ0v) is 17.3. The molecular weight excluding hydrogens is 426 g/mol. The van der Waals surface area contributed by atoms with E-state index in [9.17, 15) is 0 Å². The summed E-state index contributed by atoms with van der Waals surface area (Å²) in [6.45, 7) is 5.24. The Balaban J connectivity index is 1.60. The zero-order chi connectivity index (χ0) is 19.0. The van der Waals surface area contributed by atoms with E-state index in [2.05, 4.69) is 67.5 Å². The minimum absolute atomic E-state index is 0.503. The molecule has 0 atom stereocenters. The maximum Gasteiger partial charge on any atom is 0.200 e. The predicted octanol–water partition coefficient (Wildman–Crippen LogP) is 3.80. The van der Waals surface area contributed by atoms with Crippen molar-refractivity contribution in [3.05, 3.63) is 74.7 Å². The Morgan fingerprint density at radius 1 is 1.07 bits per heavy atom. The van der Waals surface area contributed by atoms with Crippen LogP contribution in [0.5, 0.6) is 0 Å². The number of hydrogen-bond acceptors (Lipinski definition) is 4. The lowest BCUT2D eigenvalue weighted by atomic mass is 10.1. The molecule has 0 aliphatic carbocycles. The summed E-state index contributed by atoms with van der Waals surface area (Å²) in [4.78, 5) is 0. The molecular formula is C18H18BrN7S. The summed E-state index contributed by atoms with van der Waals surface area (Å²) >= 11 is 8.91. The van der Waals surface area contributed by atoms with Crippen LogP contribution < -0.4 is 0 Å². The molecule has 1 N–H and O–H groups in total. The molecule has 7 nitrogen and oxygen atoms in total. The first-order valence-electron chi connectivity index (χ1n) is 8.44. The Kier molecular flexibility index (Phi) is 4.79.